The summed E-state index contributed by atoms with van der Waals surface area (Å²) >= 11 is 0. The molecule has 1 fully saturated rings. The molecule has 1 amide bonds. The number of rotatable bonds is 1. The van der Waals surface area contributed by atoms with E-state index in [1.807, 2.05) is 30.5 Å². The van der Waals surface area contributed by atoms with Gasteiger partial charge in [0.15, 0.2) is 0 Å². The molecular weight excluding hydrogens is 192 g/mol. The van der Waals surface area contributed by atoms with Crippen molar-refractivity contribution in [1.29, 1.82) is 0 Å². The van der Waals surface area contributed by atoms with Gasteiger partial charge in [-0.1, -0.05) is 0 Å². The lowest BCUT2D eigenvalue weighted by Gasteiger charge is -2.12. The Bertz CT molecular complexity index is 518. The summed E-state index contributed by atoms with van der Waals surface area (Å²) in [5.74, 6) is 0. The highest BCUT2D eigenvalue weighted by Crippen LogP contribution is 2.23. The van der Waals surface area contributed by atoms with Gasteiger partial charge in [0.2, 0.25) is 0 Å². The standard InChI is InChI=1S/C11H10N2O2/c14-11-13(5-6-15-11)9-1-2-10-8(7-9)3-4-12-10/h1-4,7,12H,5-6H2. The number of amides is 1. The quantitative estimate of drug-likeness (QED) is 0.769. The van der Waals surface area contributed by atoms with Gasteiger partial charge in [-0.15, -0.1) is 0 Å². The van der Waals surface area contributed by atoms with E-state index in [9.17, 15) is 4.79 Å². The minimum Gasteiger partial charge on any atom is -0.447 e. The molecule has 0 unspecified atom stereocenters. The average Bonchev–Trinajstić information content (AvgIpc) is 2.84. The number of carbonyl (C=O) groups is 1. The van der Waals surface area contributed by atoms with Crippen molar-refractivity contribution in [2.45, 2.75) is 0 Å². The van der Waals surface area contributed by atoms with Gasteiger partial charge in [-0.2, -0.15) is 0 Å². The molecule has 1 aromatic carbocycles. The second-order valence-corrected chi connectivity index (χ2v) is 3.52. The number of anilines is 1. The van der Waals surface area contributed by atoms with E-state index in [2.05, 4.69) is 4.98 Å². The van der Waals surface area contributed by atoms with Crippen LogP contribution < -0.4 is 4.90 Å². The summed E-state index contributed by atoms with van der Waals surface area (Å²) in [5.41, 5.74) is 1.97. The summed E-state index contributed by atoms with van der Waals surface area (Å²) in [7, 11) is 0. The van der Waals surface area contributed by atoms with Crippen molar-refractivity contribution < 1.29 is 9.53 Å². The minimum absolute atomic E-state index is 0.259. The summed E-state index contributed by atoms with van der Waals surface area (Å²) in [6, 6.07) is 7.86. The number of cyclic esters (lactones) is 1. The Kier molecular flexibility index (Phi) is 1.68. The number of nitrogens with zero attached hydrogens (tertiary/aromatic N) is 1. The highest BCUT2D eigenvalue weighted by molar-refractivity contribution is 5.93. The molecular formula is C11H10N2O2. The lowest BCUT2D eigenvalue weighted by Crippen LogP contribution is -2.23. The van der Waals surface area contributed by atoms with E-state index in [1.54, 1.807) is 4.90 Å². The van der Waals surface area contributed by atoms with Gasteiger partial charge in [-0.05, 0) is 24.3 Å². The third-order valence-corrected chi connectivity index (χ3v) is 2.61. The number of aromatic nitrogens is 1. The first-order valence-corrected chi connectivity index (χ1v) is 4.86. The summed E-state index contributed by atoms with van der Waals surface area (Å²) in [5, 5.41) is 1.10. The van der Waals surface area contributed by atoms with Crippen LogP contribution in [0.2, 0.25) is 0 Å². The van der Waals surface area contributed by atoms with Gasteiger partial charge < -0.3 is 9.72 Å². The molecule has 2 aromatic rings. The minimum atomic E-state index is -0.259. The fourth-order valence-electron chi connectivity index (χ4n) is 1.84. The number of carbonyl (C=O) groups excluding carboxylic acids is 1. The number of nitrogens with one attached hydrogen (secondary N) is 1. The molecule has 0 atom stereocenters. The average molecular weight is 202 g/mol. The molecule has 0 saturated carbocycles. The van der Waals surface area contributed by atoms with Gasteiger partial charge in [0.1, 0.15) is 6.61 Å². The van der Waals surface area contributed by atoms with Gasteiger partial charge in [0.25, 0.3) is 0 Å². The Morgan fingerprint density at radius 3 is 3.07 bits per heavy atom. The zero-order chi connectivity index (χ0) is 10.3. The smallest absolute Gasteiger partial charge is 0.414 e. The number of H-pyrrole nitrogens is 1. The first-order chi connectivity index (χ1) is 7.34. The summed E-state index contributed by atoms with van der Waals surface area (Å²) in [4.78, 5) is 16.1. The second kappa shape index (κ2) is 3.02. The molecule has 1 aliphatic heterocycles. The predicted molar refractivity (Wildman–Crippen MR) is 57.0 cm³/mol. The van der Waals surface area contributed by atoms with E-state index in [0.717, 1.165) is 16.6 Å². The zero-order valence-corrected chi connectivity index (χ0v) is 8.06. The SMILES string of the molecule is O=C1OCCN1c1ccc2[nH]ccc2c1. The number of hydrogen-bond acceptors (Lipinski definition) is 2. The molecule has 4 heteroatoms. The van der Waals surface area contributed by atoms with Crippen LogP contribution in [-0.2, 0) is 4.74 Å². The van der Waals surface area contributed by atoms with Crippen LogP contribution in [-0.4, -0.2) is 24.2 Å². The monoisotopic (exact) mass is 202 g/mol. The van der Waals surface area contributed by atoms with Crippen molar-refractivity contribution in [1.82, 2.24) is 4.98 Å². The molecule has 0 aliphatic carbocycles. The maximum atomic E-state index is 11.3. The predicted octanol–water partition coefficient (Wildman–Crippen LogP) is 2.12. The molecule has 0 spiro atoms. The Morgan fingerprint density at radius 2 is 2.27 bits per heavy atom. The maximum absolute atomic E-state index is 11.3. The van der Waals surface area contributed by atoms with Crippen molar-refractivity contribution in [3.63, 3.8) is 0 Å². The van der Waals surface area contributed by atoms with Crippen LogP contribution in [0, 0.1) is 0 Å². The zero-order valence-electron chi connectivity index (χ0n) is 8.06. The van der Waals surface area contributed by atoms with Crippen molar-refractivity contribution in [3.8, 4) is 0 Å². The summed E-state index contributed by atoms with van der Waals surface area (Å²) in [6.45, 7) is 1.11. The molecule has 1 aliphatic rings. The van der Waals surface area contributed by atoms with Crippen molar-refractivity contribution in [2.75, 3.05) is 18.1 Å². The lowest BCUT2D eigenvalue weighted by atomic mass is 10.2. The number of aromatic amines is 1. The van der Waals surface area contributed by atoms with Crippen LogP contribution in [0.3, 0.4) is 0 Å². The Balaban J connectivity index is 2.06. The fraction of sp³-hybridized carbons (Fsp3) is 0.182. The normalized spacial score (nSPS) is 16.0. The molecule has 0 bridgehead atoms. The molecule has 2 heterocycles. The van der Waals surface area contributed by atoms with Gasteiger partial charge in [0, 0.05) is 22.8 Å². The Hall–Kier alpha value is -1.97. The third kappa shape index (κ3) is 1.26. The van der Waals surface area contributed by atoms with Gasteiger partial charge >= 0.3 is 6.09 Å². The van der Waals surface area contributed by atoms with E-state index in [4.69, 9.17) is 4.74 Å². The third-order valence-electron chi connectivity index (χ3n) is 2.61. The van der Waals surface area contributed by atoms with Crippen LogP contribution in [0.5, 0.6) is 0 Å². The molecule has 0 radical (unpaired) electrons. The van der Waals surface area contributed by atoms with Crippen LogP contribution in [0.15, 0.2) is 30.5 Å². The van der Waals surface area contributed by atoms with Crippen molar-refractivity contribution in [3.05, 3.63) is 30.5 Å². The van der Waals surface area contributed by atoms with E-state index in [-0.39, 0.29) is 6.09 Å². The highest BCUT2D eigenvalue weighted by atomic mass is 16.6. The Labute approximate surface area is 86.4 Å². The van der Waals surface area contributed by atoms with Crippen LogP contribution in [0.1, 0.15) is 0 Å². The summed E-state index contributed by atoms with van der Waals surface area (Å²) < 4.78 is 4.89. The molecule has 1 N–H and O–H groups in total. The number of hydrogen-bond donors (Lipinski definition) is 1. The van der Waals surface area contributed by atoms with Crippen molar-refractivity contribution >= 4 is 22.7 Å². The van der Waals surface area contributed by atoms with Crippen LogP contribution in [0.25, 0.3) is 10.9 Å². The molecule has 3 rings (SSSR count). The summed E-state index contributed by atoms with van der Waals surface area (Å²) in [6.07, 6.45) is 1.63. The topological polar surface area (TPSA) is 45.3 Å². The Morgan fingerprint density at radius 1 is 1.33 bits per heavy atom. The van der Waals surface area contributed by atoms with Gasteiger partial charge in [0.05, 0.1) is 6.54 Å². The molecule has 1 saturated heterocycles. The second-order valence-electron chi connectivity index (χ2n) is 3.52. The van der Waals surface area contributed by atoms with Crippen molar-refractivity contribution in [2.24, 2.45) is 0 Å². The number of ether oxygens (including phenoxy) is 1. The van der Waals surface area contributed by atoms with Gasteiger partial charge in [-0.25, -0.2) is 4.79 Å². The molecule has 4 nitrogen and oxygen atoms in total. The highest BCUT2D eigenvalue weighted by Gasteiger charge is 2.23. The lowest BCUT2D eigenvalue weighted by molar-refractivity contribution is 0.181. The van der Waals surface area contributed by atoms with Crippen LogP contribution in [0.4, 0.5) is 10.5 Å². The first-order valence-electron chi connectivity index (χ1n) is 4.86. The number of benzene rings is 1. The van der Waals surface area contributed by atoms with E-state index in [1.165, 1.54) is 0 Å². The van der Waals surface area contributed by atoms with E-state index in [0.29, 0.717) is 13.2 Å². The van der Waals surface area contributed by atoms with E-state index >= 15 is 0 Å². The molecule has 76 valence electrons. The molecule has 1 aromatic heterocycles. The fourth-order valence-corrected chi connectivity index (χ4v) is 1.84. The molecule has 15 heavy (non-hydrogen) atoms. The first kappa shape index (κ1) is 8.35. The van der Waals surface area contributed by atoms with Gasteiger partial charge in [-0.3, -0.25) is 4.90 Å². The van der Waals surface area contributed by atoms with E-state index < -0.39 is 0 Å². The maximum Gasteiger partial charge on any atom is 0.414 e. The largest absolute Gasteiger partial charge is 0.447 e. The van der Waals surface area contributed by atoms with Crippen LogP contribution >= 0.6 is 0 Å². The number of fused-ring (bicyclic) bond motifs is 1.